The summed E-state index contributed by atoms with van der Waals surface area (Å²) in [5.74, 6) is 1.80. The molecule has 1 N–H and O–H groups in total. The van der Waals surface area contributed by atoms with Crippen molar-refractivity contribution >= 4 is 0 Å². The SMILES string of the molecule is CC1CN(C2CCCCNC2)CC1C. The van der Waals surface area contributed by atoms with E-state index in [0.717, 1.165) is 17.9 Å². The molecule has 3 atom stereocenters. The van der Waals surface area contributed by atoms with Crippen LogP contribution < -0.4 is 5.32 Å². The van der Waals surface area contributed by atoms with Crippen LogP contribution in [0.2, 0.25) is 0 Å². The third kappa shape index (κ3) is 2.29. The lowest BCUT2D eigenvalue weighted by Crippen LogP contribution is -2.40. The topological polar surface area (TPSA) is 15.3 Å². The minimum absolute atomic E-state index is 0.824. The van der Waals surface area contributed by atoms with Gasteiger partial charge in [0.1, 0.15) is 0 Å². The van der Waals surface area contributed by atoms with Crippen LogP contribution in [0.5, 0.6) is 0 Å². The number of rotatable bonds is 1. The average molecular weight is 196 g/mol. The molecule has 2 aliphatic heterocycles. The van der Waals surface area contributed by atoms with Gasteiger partial charge in [-0.05, 0) is 31.2 Å². The summed E-state index contributed by atoms with van der Waals surface area (Å²) < 4.78 is 0. The summed E-state index contributed by atoms with van der Waals surface area (Å²) in [6.45, 7) is 9.90. The maximum absolute atomic E-state index is 3.56. The molecule has 2 fully saturated rings. The van der Waals surface area contributed by atoms with Gasteiger partial charge in [0.05, 0.1) is 0 Å². The molecule has 14 heavy (non-hydrogen) atoms. The zero-order valence-electron chi connectivity index (χ0n) is 9.63. The van der Waals surface area contributed by atoms with E-state index in [4.69, 9.17) is 0 Å². The van der Waals surface area contributed by atoms with E-state index in [-0.39, 0.29) is 0 Å². The molecule has 0 aliphatic carbocycles. The van der Waals surface area contributed by atoms with Crippen molar-refractivity contribution in [3.8, 4) is 0 Å². The van der Waals surface area contributed by atoms with Crippen molar-refractivity contribution in [2.24, 2.45) is 11.8 Å². The highest BCUT2D eigenvalue weighted by molar-refractivity contribution is 4.85. The summed E-state index contributed by atoms with van der Waals surface area (Å²) >= 11 is 0. The van der Waals surface area contributed by atoms with Crippen molar-refractivity contribution in [3.05, 3.63) is 0 Å². The predicted octanol–water partition coefficient (Wildman–Crippen LogP) is 1.72. The van der Waals surface area contributed by atoms with E-state index in [9.17, 15) is 0 Å². The Balaban J connectivity index is 1.88. The van der Waals surface area contributed by atoms with E-state index in [2.05, 4.69) is 24.1 Å². The van der Waals surface area contributed by atoms with Crippen LogP contribution in [0.15, 0.2) is 0 Å². The second-order valence-corrected chi connectivity index (χ2v) is 5.26. The molecule has 2 heterocycles. The van der Waals surface area contributed by atoms with Gasteiger partial charge in [0.25, 0.3) is 0 Å². The van der Waals surface area contributed by atoms with Gasteiger partial charge in [-0.15, -0.1) is 0 Å². The number of likely N-dealkylation sites (tertiary alicyclic amines) is 1. The third-order valence-electron chi connectivity index (χ3n) is 4.05. The molecular formula is C12H24N2. The van der Waals surface area contributed by atoms with Gasteiger partial charge in [-0.2, -0.15) is 0 Å². The molecule has 2 rings (SSSR count). The smallest absolute Gasteiger partial charge is 0.0220 e. The molecule has 2 heteroatoms. The second-order valence-electron chi connectivity index (χ2n) is 5.26. The van der Waals surface area contributed by atoms with Gasteiger partial charge in [-0.1, -0.05) is 20.3 Å². The summed E-state index contributed by atoms with van der Waals surface area (Å²) in [5, 5.41) is 3.56. The first-order chi connectivity index (χ1) is 6.77. The highest BCUT2D eigenvalue weighted by atomic mass is 15.2. The van der Waals surface area contributed by atoms with E-state index in [1.165, 1.54) is 45.4 Å². The lowest BCUT2D eigenvalue weighted by atomic mass is 10.0. The largest absolute Gasteiger partial charge is 0.315 e. The Labute approximate surface area is 88.1 Å². The van der Waals surface area contributed by atoms with Gasteiger partial charge >= 0.3 is 0 Å². The van der Waals surface area contributed by atoms with Crippen LogP contribution in [0, 0.1) is 11.8 Å². The minimum Gasteiger partial charge on any atom is -0.315 e. The lowest BCUT2D eigenvalue weighted by molar-refractivity contribution is 0.221. The second kappa shape index (κ2) is 4.63. The van der Waals surface area contributed by atoms with Gasteiger partial charge in [-0.25, -0.2) is 0 Å². The summed E-state index contributed by atoms with van der Waals surface area (Å²) in [6, 6.07) is 0.824. The van der Waals surface area contributed by atoms with Gasteiger partial charge in [-0.3, -0.25) is 4.90 Å². The molecule has 3 unspecified atom stereocenters. The first kappa shape index (κ1) is 10.4. The van der Waals surface area contributed by atoms with Crippen LogP contribution in [0.25, 0.3) is 0 Å². The van der Waals surface area contributed by atoms with E-state index in [1.807, 2.05) is 0 Å². The molecule has 0 spiro atoms. The van der Waals surface area contributed by atoms with E-state index >= 15 is 0 Å². The number of hydrogen-bond acceptors (Lipinski definition) is 2. The van der Waals surface area contributed by atoms with Crippen molar-refractivity contribution in [3.63, 3.8) is 0 Å². The predicted molar refractivity (Wildman–Crippen MR) is 60.4 cm³/mol. The van der Waals surface area contributed by atoms with Gasteiger partial charge in [0.15, 0.2) is 0 Å². The van der Waals surface area contributed by atoms with Crippen LogP contribution in [-0.2, 0) is 0 Å². The van der Waals surface area contributed by atoms with Crippen molar-refractivity contribution in [2.45, 2.75) is 39.2 Å². The third-order valence-corrected chi connectivity index (χ3v) is 4.05. The van der Waals surface area contributed by atoms with E-state index < -0.39 is 0 Å². The standard InChI is InChI=1S/C12H24N2/c1-10-8-14(9-11(10)2)12-5-3-4-6-13-7-12/h10-13H,3-9H2,1-2H3. The zero-order valence-corrected chi connectivity index (χ0v) is 9.63. The summed E-state index contributed by atoms with van der Waals surface area (Å²) in [6.07, 6.45) is 4.19. The fourth-order valence-electron chi connectivity index (χ4n) is 2.78. The molecule has 2 aliphatic rings. The molecule has 82 valence electrons. The molecule has 0 aromatic heterocycles. The number of hydrogen-bond donors (Lipinski definition) is 1. The molecule has 2 saturated heterocycles. The Kier molecular flexibility index (Phi) is 3.45. The Bertz CT molecular complexity index is 163. The van der Waals surface area contributed by atoms with Gasteiger partial charge in [0.2, 0.25) is 0 Å². The van der Waals surface area contributed by atoms with Crippen molar-refractivity contribution in [1.29, 1.82) is 0 Å². The first-order valence-electron chi connectivity index (χ1n) is 6.22. The zero-order chi connectivity index (χ0) is 9.97. The fourth-order valence-corrected chi connectivity index (χ4v) is 2.78. The van der Waals surface area contributed by atoms with Crippen LogP contribution >= 0.6 is 0 Å². The molecule has 0 saturated carbocycles. The van der Waals surface area contributed by atoms with Crippen molar-refractivity contribution in [1.82, 2.24) is 10.2 Å². The van der Waals surface area contributed by atoms with E-state index in [0.29, 0.717) is 0 Å². The number of nitrogens with one attached hydrogen (secondary N) is 1. The fraction of sp³-hybridized carbons (Fsp3) is 1.00. The molecule has 0 aromatic rings. The highest BCUT2D eigenvalue weighted by Crippen LogP contribution is 2.25. The summed E-state index contributed by atoms with van der Waals surface area (Å²) in [7, 11) is 0. The van der Waals surface area contributed by atoms with Crippen LogP contribution in [-0.4, -0.2) is 37.1 Å². The van der Waals surface area contributed by atoms with Crippen molar-refractivity contribution in [2.75, 3.05) is 26.2 Å². The maximum Gasteiger partial charge on any atom is 0.0220 e. The lowest BCUT2D eigenvalue weighted by Gasteiger charge is -2.26. The minimum atomic E-state index is 0.824. The Morgan fingerprint density at radius 2 is 1.79 bits per heavy atom. The highest BCUT2D eigenvalue weighted by Gasteiger charge is 2.30. The molecule has 0 amide bonds. The Hall–Kier alpha value is -0.0800. The summed E-state index contributed by atoms with van der Waals surface area (Å²) in [5.41, 5.74) is 0. The monoisotopic (exact) mass is 196 g/mol. The van der Waals surface area contributed by atoms with Gasteiger partial charge in [0, 0.05) is 25.7 Å². The molecule has 0 radical (unpaired) electrons. The molecule has 0 bridgehead atoms. The molecular weight excluding hydrogens is 172 g/mol. The molecule has 0 aromatic carbocycles. The van der Waals surface area contributed by atoms with E-state index in [1.54, 1.807) is 0 Å². The number of nitrogens with zero attached hydrogens (tertiary/aromatic N) is 1. The van der Waals surface area contributed by atoms with Crippen molar-refractivity contribution < 1.29 is 0 Å². The van der Waals surface area contributed by atoms with Crippen LogP contribution in [0.4, 0.5) is 0 Å². The van der Waals surface area contributed by atoms with Crippen LogP contribution in [0.3, 0.4) is 0 Å². The first-order valence-corrected chi connectivity index (χ1v) is 6.22. The van der Waals surface area contributed by atoms with Crippen LogP contribution in [0.1, 0.15) is 33.1 Å². The maximum atomic E-state index is 3.56. The Morgan fingerprint density at radius 3 is 2.50 bits per heavy atom. The quantitative estimate of drug-likeness (QED) is 0.687. The van der Waals surface area contributed by atoms with Gasteiger partial charge < -0.3 is 5.32 Å². The summed E-state index contributed by atoms with van der Waals surface area (Å²) in [4.78, 5) is 2.72. The molecule has 2 nitrogen and oxygen atoms in total. The average Bonchev–Trinajstić information content (AvgIpc) is 2.46. The normalized spacial score (nSPS) is 41.1. The Morgan fingerprint density at radius 1 is 1.07 bits per heavy atom.